The standard InChI is InChI=1S/C14H26O/c1-2-4-6-8-10-14-13(11-12-15-14)9-7-5-3-1/h13-14H,1-12H2. The molecular weight excluding hydrogens is 184 g/mol. The molecule has 1 nitrogen and oxygen atoms in total. The Morgan fingerprint density at radius 2 is 1.20 bits per heavy atom. The average molecular weight is 210 g/mol. The Kier molecular flexibility index (Phi) is 4.98. The summed E-state index contributed by atoms with van der Waals surface area (Å²) >= 11 is 0. The topological polar surface area (TPSA) is 9.23 Å². The van der Waals surface area contributed by atoms with Gasteiger partial charge in [-0.15, -0.1) is 0 Å². The second kappa shape index (κ2) is 6.52. The molecule has 1 saturated carbocycles. The third-order valence-electron chi connectivity index (χ3n) is 4.16. The molecule has 0 N–H and O–H groups in total. The van der Waals surface area contributed by atoms with Gasteiger partial charge in [0.15, 0.2) is 0 Å². The Bertz CT molecular complexity index is 149. The fourth-order valence-corrected chi connectivity index (χ4v) is 3.15. The molecule has 2 rings (SSSR count). The molecule has 0 amide bonds. The van der Waals surface area contributed by atoms with Gasteiger partial charge in [-0.05, 0) is 25.2 Å². The van der Waals surface area contributed by atoms with Crippen molar-refractivity contribution in [2.45, 2.75) is 76.7 Å². The predicted octanol–water partition coefficient (Wildman–Crippen LogP) is 4.31. The molecule has 15 heavy (non-hydrogen) atoms. The monoisotopic (exact) mass is 210 g/mol. The van der Waals surface area contributed by atoms with Crippen molar-refractivity contribution in [3.63, 3.8) is 0 Å². The van der Waals surface area contributed by atoms with E-state index >= 15 is 0 Å². The Hall–Kier alpha value is -0.0400. The molecule has 0 aromatic carbocycles. The molecule has 0 aromatic heterocycles. The molecule has 2 aliphatic rings. The summed E-state index contributed by atoms with van der Waals surface area (Å²) in [5, 5.41) is 0. The SMILES string of the molecule is C1CCCCCC2OCCC2CCCC1. The van der Waals surface area contributed by atoms with Gasteiger partial charge < -0.3 is 4.74 Å². The molecule has 0 aromatic rings. The summed E-state index contributed by atoms with van der Waals surface area (Å²) in [4.78, 5) is 0. The third-order valence-corrected chi connectivity index (χ3v) is 4.16. The fraction of sp³-hybridized carbons (Fsp3) is 1.00. The van der Waals surface area contributed by atoms with Gasteiger partial charge in [0.2, 0.25) is 0 Å². The van der Waals surface area contributed by atoms with Crippen LogP contribution >= 0.6 is 0 Å². The van der Waals surface area contributed by atoms with E-state index in [-0.39, 0.29) is 0 Å². The minimum Gasteiger partial charge on any atom is -0.378 e. The largest absolute Gasteiger partial charge is 0.378 e. The molecule has 1 heteroatoms. The van der Waals surface area contributed by atoms with E-state index in [0.29, 0.717) is 6.10 Å². The zero-order valence-corrected chi connectivity index (χ0v) is 10.0. The smallest absolute Gasteiger partial charge is 0.0604 e. The van der Waals surface area contributed by atoms with Crippen molar-refractivity contribution in [1.82, 2.24) is 0 Å². The second-order valence-corrected chi connectivity index (χ2v) is 5.36. The van der Waals surface area contributed by atoms with Crippen LogP contribution in [0.2, 0.25) is 0 Å². The molecule has 2 atom stereocenters. The first-order chi connectivity index (χ1) is 7.47. The van der Waals surface area contributed by atoms with Crippen LogP contribution in [0.1, 0.15) is 70.6 Å². The minimum absolute atomic E-state index is 0.629. The Morgan fingerprint density at radius 3 is 1.93 bits per heavy atom. The maximum Gasteiger partial charge on any atom is 0.0604 e. The van der Waals surface area contributed by atoms with Gasteiger partial charge >= 0.3 is 0 Å². The number of fused-ring (bicyclic) bond motifs is 1. The highest BCUT2D eigenvalue weighted by Gasteiger charge is 2.26. The molecule has 0 radical (unpaired) electrons. The normalized spacial score (nSPS) is 35.2. The highest BCUT2D eigenvalue weighted by atomic mass is 16.5. The van der Waals surface area contributed by atoms with Crippen LogP contribution in [0.3, 0.4) is 0 Å². The van der Waals surface area contributed by atoms with Crippen LogP contribution in [0.15, 0.2) is 0 Å². The first-order valence-electron chi connectivity index (χ1n) is 7.08. The lowest BCUT2D eigenvalue weighted by atomic mass is 9.90. The lowest BCUT2D eigenvalue weighted by molar-refractivity contribution is 0.0782. The lowest BCUT2D eigenvalue weighted by Gasteiger charge is -2.19. The van der Waals surface area contributed by atoms with Gasteiger partial charge in [-0.1, -0.05) is 51.4 Å². The van der Waals surface area contributed by atoms with Crippen molar-refractivity contribution >= 4 is 0 Å². The summed E-state index contributed by atoms with van der Waals surface area (Å²) < 4.78 is 5.86. The van der Waals surface area contributed by atoms with Crippen molar-refractivity contribution < 1.29 is 4.74 Å². The molecular formula is C14H26O. The van der Waals surface area contributed by atoms with E-state index in [1.807, 2.05) is 0 Å². The molecule has 88 valence electrons. The number of hydrogen-bond donors (Lipinski definition) is 0. The van der Waals surface area contributed by atoms with Gasteiger partial charge in [-0.25, -0.2) is 0 Å². The summed E-state index contributed by atoms with van der Waals surface area (Å²) in [5.41, 5.74) is 0. The van der Waals surface area contributed by atoms with Crippen molar-refractivity contribution in [3.05, 3.63) is 0 Å². The van der Waals surface area contributed by atoms with Crippen molar-refractivity contribution in [2.75, 3.05) is 6.61 Å². The first kappa shape index (κ1) is 11.4. The molecule has 0 spiro atoms. The minimum atomic E-state index is 0.629. The van der Waals surface area contributed by atoms with Crippen LogP contribution < -0.4 is 0 Å². The van der Waals surface area contributed by atoms with Gasteiger partial charge in [0, 0.05) is 6.61 Å². The molecule has 2 fully saturated rings. The molecule has 2 unspecified atom stereocenters. The summed E-state index contributed by atoms with van der Waals surface area (Å²) in [5.74, 6) is 0.907. The van der Waals surface area contributed by atoms with E-state index in [9.17, 15) is 0 Å². The Balaban J connectivity index is 1.77. The van der Waals surface area contributed by atoms with E-state index in [0.717, 1.165) is 12.5 Å². The number of ether oxygens (including phenoxy) is 1. The predicted molar refractivity (Wildman–Crippen MR) is 64.0 cm³/mol. The van der Waals surface area contributed by atoms with Crippen molar-refractivity contribution in [1.29, 1.82) is 0 Å². The molecule has 1 heterocycles. The van der Waals surface area contributed by atoms with Gasteiger partial charge in [0.05, 0.1) is 6.10 Å². The van der Waals surface area contributed by atoms with Crippen molar-refractivity contribution in [2.24, 2.45) is 5.92 Å². The van der Waals surface area contributed by atoms with Crippen LogP contribution in [0.5, 0.6) is 0 Å². The second-order valence-electron chi connectivity index (χ2n) is 5.36. The highest BCUT2D eigenvalue weighted by Crippen LogP contribution is 2.30. The van der Waals surface area contributed by atoms with Crippen LogP contribution in [0.4, 0.5) is 0 Å². The highest BCUT2D eigenvalue weighted by molar-refractivity contribution is 4.76. The quantitative estimate of drug-likeness (QED) is 0.579. The van der Waals surface area contributed by atoms with Gasteiger partial charge in [-0.2, -0.15) is 0 Å². The summed E-state index contributed by atoms with van der Waals surface area (Å²) in [7, 11) is 0. The molecule has 1 aliphatic carbocycles. The number of rotatable bonds is 0. The molecule has 0 bridgehead atoms. The zero-order chi connectivity index (χ0) is 10.3. The Morgan fingerprint density at radius 1 is 0.600 bits per heavy atom. The van der Waals surface area contributed by atoms with E-state index in [2.05, 4.69) is 0 Å². The third kappa shape index (κ3) is 3.79. The maximum atomic E-state index is 5.86. The molecule has 1 saturated heterocycles. The number of hydrogen-bond acceptors (Lipinski definition) is 1. The summed E-state index contributed by atoms with van der Waals surface area (Å²) in [6, 6.07) is 0. The van der Waals surface area contributed by atoms with Crippen LogP contribution in [-0.2, 0) is 4.74 Å². The zero-order valence-electron chi connectivity index (χ0n) is 10.0. The lowest BCUT2D eigenvalue weighted by Crippen LogP contribution is -2.16. The maximum absolute atomic E-state index is 5.86. The van der Waals surface area contributed by atoms with Crippen LogP contribution in [-0.4, -0.2) is 12.7 Å². The first-order valence-corrected chi connectivity index (χ1v) is 7.08. The van der Waals surface area contributed by atoms with Gasteiger partial charge in [0.25, 0.3) is 0 Å². The summed E-state index contributed by atoms with van der Waals surface area (Å²) in [6.07, 6.45) is 16.4. The van der Waals surface area contributed by atoms with E-state index in [1.165, 1.54) is 70.6 Å². The van der Waals surface area contributed by atoms with E-state index in [4.69, 9.17) is 4.74 Å². The van der Waals surface area contributed by atoms with E-state index < -0.39 is 0 Å². The molecule has 1 aliphatic heterocycles. The van der Waals surface area contributed by atoms with E-state index in [1.54, 1.807) is 0 Å². The van der Waals surface area contributed by atoms with Gasteiger partial charge in [0.1, 0.15) is 0 Å². The summed E-state index contributed by atoms with van der Waals surface area (Å²) in [6.45, 7) is 1.04. The van der Waals surface area contributed by atoms with Crippen molar-refractivity contribution in [3.8, 4) is 0 Å². The average Bonchev–Trinajstić information content (AvgIpc) is 2.65. The van der Waals surface area contributed by atoms with Crippen LogP contribution in [0, 0.1) is 5.92 Å². The Labute approximate surface area is 94.6 Å². The van der Waals surface area contributed by atoms with Crippen LogP contribution in [0.25, 0.3) is 0 Å². The fourth-order valence-electron chi connectivity index (χ4n) is 3.15. The van der Waals surface area contributed by atoms with Gasteiger partial charge in [-0.3, -0.25) is 0 Å².